The molecule has 0 aliphatic heterocycles. The molecule has 0 unspecified atom stereocenters. The lowest BCUT2D eigenvalue weighted by Gasteiger charge is -2.26. The summed E-state index contributed by atoms with van der Waals surface area (Å²) in [5.74, 6) is 0. The molecule has 3 heteroatoms. The number of anilines is 3. The topological polar surface area (TPSA) is 29.5 Å². The van der Waals surface area contributed by atoms with Gasteiger partial charge in [-0.05, 0) is 76.9 Å². The van der Waals surface area contributed by atoms with Crippen molar-refractivity contribution in [3.63, 3.8) is 0 Å². The summed E-state index contributed by atoms with van der Waals surface area (Å²) < 4.78 is 12.7. The lowest BCUT2D eigenvalue weighted by Crippen LogP contribution is -2.10. The summed E-state index contributed by atoms with van der Waals surface area (Å²) in [5, 5.41) is 4.49. The SMILES string of the molecule is c1ccc(-c2ccc(N(c3ccc(-c4ccc5c(c4)oc4ccccc45)cc3)c3cccc4c3oc3ccccc34)cc2)cc1. The number of benzene rings is 7. The van der Waals surface area contributed by atoms with Gasteiger partial charge in [0.05, 0.1) is 5.69 Å². The maximum atomic E-state index is 6.51. The Morgan fingerprint density at radius 2 is 0.844 bits per heavy atom. The zero-order chi connectivity index (χ0) is 29.7. The number of hydrogen-bond donors (Lipinski definition) is 0. The summed E-state index contributed by atoms with van der Waals surface area (Å²) in [6.45, 7) is 0. The van der Waals surface area contributed by atoms with Crippen molar-refractivity contribution >= 4 is 60.9 Å². The van der Waals surface area contributed by atoms with E-state index in [1.165, 1.54) is 11.1 Å². The molecule has 0 aliphatic carbocycles. The van der Waals surface area contributed by atoms with Gasteiger partial charge in [0.1, 0.15) is 16.7 Å². The van der Waals surface area contributed by atoms with Gasteiger partial charge in [-0.1, -0.05) is 109 Å². The van der Waals surface area contributed by atoms with E-state index in [4.69, 9.17) is 8.83 Å². The minimum atomic E-state index is 0.866. The maximum Gasteiger partial charge on any atom is 0.159 e. The first-order valence-corrected chi connectivity index (χ1v) is 15.2. The molecule has 0 amide bonds. The van der Waals surface area contributed by atoms with E-state index in [2.05, 4.69) is 138 Å². The molecule has 0 atom stereocenters. The van der Waals surface area contributed by atoms with Crippen LogP contribution >= 0.6 is 0 Å². The summed E-state index contributed by atoms with van der Waals surface area (Å²) in [6.07, 6.45) is 0. The summed E-state index contributed by atoms with van der Waals surface area (Å²) in [7, 11) is 0. The molecule has 0 N–H and O–H groups in total. The number of nitrogens with zero attached hydrogens (tertiary/aromatic N) is 1. The third-order valence-electron chi connectivity index (χ3n) is 8.69. The van der Waals surface area contributed by atoms with Crippen molar-refractivity contribution in [1.29, 1.82) is 0 Å². The normalized spacial score (nSPS) is 11.6. The molecule has 2 aromatic heterocycles. The van der Waals surface area contributed by atoms with Crippen molar-refractivity contribution in [3.8, 4) is 22.3 Å². The molecule has 3 nitrogen and oxygen atoms in total. The first-order chi connectivity index (χ1) is 22.3. The van der Waals surface area contributed by atoms with E-state index in [-0.39, 0.29) is 0 Å². The van der Waals surface area contributed by atoms with Gasteiger partial charge in [-0.25, -0.2) is 0 Å². The zero-order valence-corrected chi connectivity index (χ0v) is 24.4. The Kier molecular flexibility index (Phi) is 5.82. The smallest absolute Gasteiger partial charge is 0.159 e. The van der Waals surface area contributed by atoms with Crippen molar-refractivity contribution in [2.75, 3.05) is 4.90 Å². The van der Waals surface area contributed by atoms with Crippen molar-refractivity contribution in [3.05, 3.63) is 164 Å². The van der Waals surface area contributed by atoms with Crippen LogP contribution in [-0.2, 0) is 0 Å². The molecule has 0 radical (unpaired) electrons. The minimum absolute atomic E-state index is 0.866. The molecule has 45 heavy (non-hydrogen) atoms. The molecule has 7 aromatic carbocycles. The molecule has 0 spiro atoms. The first-order valence-electron chi connectivity index (χ1n) is 15.2. The lowest BCUT2D eigenvalue weighted by atomic mass is 10.0. The molecule has 0 saturated heterocycles. The number of furan rings is 2. The molecule has 0 aliphatic rings. The van der Waals surface area contributed by atoms with Crippen molar-refractivity contribution < 1.29 is 8.83 Å². The second kappa shape index (κ2) is 10.3. The molecule has 212 valence electrons. The Balaban J connectivity index is 1.16. The van der Waals surface area contributed by atoms with Crippen LogP contribution in [0.4, 0.5) is 17.1 Å². The van der Waals surface area contributed by atoms with Gasteiger partial charge in [0.15, 0.2) is 5.58 Å². The van der Waals surface area contributed by atoms with E-state index in [1.54, 1.807) is 0 Å². The number of para-hydroxylation sites is 3. The summed E-state index contributed by atoms with van der Waals surface area (Å²) in [5.41, 5.74) is 11.3. The van der Waals surface area contributed by atoms with Crippen LogP contribution in [-0.4, -0.2) is 0 Å². The number of rotatable bonds is 5. The van der Waals surface area contributed by atoms with Crippen molar-refractivity contribution in [2.45, 2.75) is 0 Å². The third kappa shape index (κ3) is 4.29. The van der Waals surface area contributed by atoms with Crippen molar-refractivity contribution in [1.82, 2.24) is 0 Å². The van der Waals surface area contributed by atoms with Gasteiger partial charge in [-0.3, -0.25) is 0 Å². The predicted octanol–water partition coefficient (Wildman–Crippen LogP) is 12.3. The number of fused-ring (bicyclic) bond motifs is 6. The Morgan fingerprint density at radius 3 is 1.56 bits per heavy atom. The van der Waals surface area contributed by atoms with Gasteiger partial charge >= 0.3 is 0 Å². The van der Waals surface area contributed by atoms with E-state index in [1.807, 2.05) is 30.3 Å². The predicted molar refractivity (Wildman–Crippen MR) is 187 cm³/mol. The Morgan fingerprint density at radius 1 is 0.333 bits per heavy atom. The van der Waals surface area contributed by atoms with Crippen LogP contribution in [0.3, 0.4) is 0 Å². The monoisotopic (exact) mass is 577 g/mol. The van der Waals surface area contributed by atoms with E-state index >= 15 is 0 Å². The Hall–Kier alpha value is -6.06. The lowest BCUT2D eigenvalue weighted by molar-refractivity contribution is 0.668. The highest BCUT2D eigenvalue weighted by Gasteiger charge is 2.19. The highest BCUT2D eigenvalue weighted by Crippen LogP contribution is 2.43. The molecular formula is C42H27NO2. The second-order valence-corrected chi connectivity index (χ2v) is 11.4. The molecule has 2 heterocycles. The van der Waals surface area contributed by atoms with Crippen LogP contribution in [0.1, 0.15) is 0 Å². The van der Waals surface area contributed by atoms with Crippen LogP contribution < -0.4 is 4.90 Å². The molecular weight excluding hydrogens is 550 g/mol. The number of hydrogen-bond acceptors (Lipinski definition) is 3. The average molecular weight is 578 g/mol. The Bertz CT molecular complexity index is 2470. The van der Waals surface area contributed by atoms with Gasteiger partial charge in [0, 0.05) is 32.9 Å². The molecule has 9 rings (SSSR count). The quantitative estimate of drug-likeness (QED) is 0.204. The average Bonchev–Trinajstić information content (AvgIpc) is 3.68. The van der Waals surface area contributed by atoms with E-state index in [9.17, 15) is 0 Å². The zero-order valence-electron chi connectivity index (χ0n) is 24.4. The summed E-state index contributed by atoms with van der Waals surface area (Å²) >= 11 is 0. The highest BCUT2D eigenvalue weighted by atomic mass is 16.3. The van der Waals surface area contributed by atoms with Crippen LogP contribution in [0.15, 0.2) is 173 Å². The minimum Gasteiger partial charge on any atom is -0.456 e. The van der Waals surface area contributed by atoms with Crippen LogP contribution in [0.2, 0.25) is 0 Å². The fourth-order valence-corrected chi connectivity index (χ4v) is 6.48. The molecule has 9 aromatic rings. The third-order valence-corrected chi connectivity index (χ3v) is 8.69. The maximum absolute atomic E-state index is 6.51. The largest absolute Gasteiger partial charge is 0.456 e. The van der Waals surface area contributed by atoms with Crippen molar-refractivity contribution in [2.24, 2.45) is 0 Å². The molecule has 0 saturated carbocycles. The summed E-state index contributed by atoms with van der Waals surface area (Å²) in [6, 6.07) is 57.3. The first kappa shape index (κ1) is 25.4. The van der Waals surface area contributed by atoms with E-state index in [0.29, 0.717) is 0 Å². The molecule has 0 bridgehead atoms. The van der Waals surface area contributed by atoms with Crippen LogP contribution in [0.5, 0.6) is 0 Å². The fourth-order valence-electron chi connectivity index (χ4n) is 6.48. The van der Waals surface area contributed by atoms with Gasteiger partial charge in [-0.15, -0.1) is 0 Å². The van der Waals surface area contributed by atoms with Gasteiger partial charge in [-0.2, -0.15) is 0 Å². The van der Waals surface area contributed by atoms with Gasteiger partial charge in [0.25, 0.3) is 0 Å². The van der Waals surface area contributed by atoms with Crippen LogP contribution in [0.25, 0.3) is 66.1 Å². The Labute approximate surface area is 260 Å². The highest BCUT2D eigenvalue weighted by molar-refractivity contribution is 6.10. The fraction of sp³-hybridized carbons (Fsp3) is 0. The summed E-state index contributed by atoms with van der Waals surface area (Å²) in [4.78, 5) is 2.28. The second-order valence-electron chi connectivity index (χ2n) is 11.4. The van der Waals surface area contributed by atoms with Crippen LogP contribution in [0, 0.1) is 0 Å². The molecule has 0 fully saturated rings. The van der Waals surface area contributed by atoms with E-state index < -0.39 is 0 Å². The van der Waals surface area contributed by atoms with Gasteiger partial charge in [0.2, 0.25) is 0 Å². The van der Waals surface area contributed by atoms with Gasteiger partial charge < -0.3 is 13.7 Å². The van der Waals surface area contributed by atoms with E-state index in [0.717, 1.165) is 72.1 Å². The standard InChI is InChI=1S/C42H27NO2/c1-2-9-28(10-3-1)29-17-22-32(23-18-29)43(38-14-8-13-37-35-12-5-7-16-40(35)45-42(37)38)33-24-19-30(20-25-33)31-21-26-36-34-11-4-6-15-39(34)44-41(36)27-31/h1-27H.